The van der Waals surface area contributed by atoms with Gasteiger partial charge >= 0.3 is 18.1 Å². The summed E-state index contributed by atoms with van der Waals surface area (Å²) in [5, 5.41) is 18.9. The van der Waals surface area contributed by atoms with Crippen LogP contribution in [0.2, 0.25) is 0 Å². The van der Waals surface area contributed by atoms with Crippen molar-refractivity contribution in [1.82, 2.24) is 5.32 Å². The number of carboxylic acids is 2. The zero-order chi connectivity index (χ0) is 26.7. The molecule has 0 spiro atoms. The molecule has 192 valence electrons. The van der Waals surface area contributed by atoms with Crippen molar-refractivity contribution in [2.75, 3.05) is 6.54 Å². The number of nitrogens with one attached hydrogen (secondary N) is 1. The number of furan rings is 1. The Bertz CT molecular complexity index is 1090. The molecule has 1 heterocycles. The van der Waals surface area contributed by atoms with Gasteiger partial charge in [0.1, 0.15) is 11.8 Å². The summed E-state index contributed by atoms with van der Waals surface area (Å²) in [6.07, 6.45) is -4.31. The minimum absolute atomic E-state index is 0.0795. The molecule has 0 saturated carbocycles. The molecule has 3 rings (SSSR count). The monoisotopic (exact) mass is 506 g/mol. The molecule has 0 radical (unpaired) electrons. The van der Waals surface area contributed by atoms with Gasteiger partial charge in [0, 0.05) is 0 Å². The maximum absolute atomic E-state index is 12.5. The molecule has 0 unspecified atom stereocenters. The van der Waals surface area contributed by atoms with Crippen LogP contribution in [0.4, 0.5) is 13.2 Å². The fourth-order valence-electron chi connectivity index (χ4n) is 3.25. The summed E-state index contributed by atoms with van der Waals surface area (Å²) in [5.74, 6) is -3.89. The fraction of sp³-hybridized carbons (Fsp3) is 0.240. The van der Waals surface area contributed by atoms with Crippen LogP contribution in [0, 0.1) is 0 Å². The number of carboxylic acid groups (broad SMARTS) is 2. The van der Waals surface area contributed by atoms with Crippen LogP contribution in [0.15, 0.2) is 77.2 Å². The third kappa shape index (κ3) is 8.27. The smallest absolute Gasteiger partial charge is 0.480 e. The van der Waals surface area contributed by atoms with Gasteiger partial charge in [-0.1, -0.05) is 60.7 Å². The maximum atomic E-state index is 12.5. The molecule has 0 aliphatic heterocycles. The number of hydrogen-bond donors (Lipinski definition) is 4. The highest BCUT2D eigenvalue weighted by molar-refractivity contribution is 5.94. The number of rotatable bonds is 9. The summed E-state index contributed by atoms with van der Waals surface area (Å²) in [6.45, 7) is 0.361. The Balaban J connectivity index is 0.000000572. The van der Waals surface area contributed by atoms with E-state index in [1.807, 2.05) is 60.7 Å². The quantitative estimate of drug-likeness (QED) is 0.343. The van der Waals surface area contributed by atoms with Crippen LogP contribution >= 0.6 is 0 Å². The molecule has 0 fully saturated rings. The van der Waals surface area contributed by atoms with Crippen LogP contribution in [-0.4, -0.2) is 46.8 Å². The predicted octanol–water partition coefficient (Wildman–Crippen LogP) is 4.02. The number of nitrogens with two attached hydrogens (primary N) is 1. The van der Waals surface area contributed by atoms with Gasteiger partial charge < -0.3 is 25.7 Å². The van der Waals surface area contributed by atoms with Gasteiger partial charge in [0.05, 0.1) is 5.92 Å². The first-order valence-electron chi connectivity index (χ1n) is 10.8. The Morgan fingerprint density at radius 2 is 1.39 bits per heavy atom. The number of alkyl halides is 3. The van der Waals surface area contributed by atoms with Crippen molar-refractivity contribution in [3.8, 4) is 0 Å². The average Bonchev–Trinajstić information content (AvgIpc) is 3.32. The molecule has 0 aliphatic rings. The van der Waals surface area contributed by atoms with Gasteiger partial charge in [0.25, 0.3) is 5.91 Å². The van der Waals surface area contributed by atoms with Crippen molar-refractivity contribution in [2.24, 2.45) is 5.73 Å². The van der Waals surface area contributed by atoms with Crippen molar-refractivity contribution in [3.05, 3.63) is 95.4 Å². The normalized spacial score (nSPS) is 11.8. The highest BCUT2D eigenvalue weighted by Crippen LogP contribution is 2.32. The van der Waals surface area contributed by atoms with Crippen LogP contribution in [0.1, 0.15) is 46.2 Å². The largest absolute Gasteiger partial charge is 0.490 e. The second kappa shape index (κ2) is 13.1. The lowest BCUT2D eigenvalue weighted by molar-refractivity contribution is -0.192. The number of carbonyl (C=O) groups is 3. The van der Waals surface area contributed by atoms with E-state index >= 15 is 0 Å². The van der Waals surface area contributed by atoms with Crippen LogP contribution in [-0.2, 0) is 9.59 Å². The summed E-state index contributed by atoms with van der Waals surface area (Å²) >= 11 is 0. The van der Waals surface area contributed by atoms with Gasteiger partial charge in [-0.05, 0) is 42.6 Å². The van der Waals surface area contributed by atoms with E-state index in [1.165, 1.54) is 0 Å². The van der Waals surface area contributed by atoms with E-state index in [0.717, 1.165) is 11.1 Å². The molecule has 2 aromatic carbocycles. The first-order chi connectivity index (χ1) is 17.0. The molecular weight excluding hydrogens is 481 g/mol. The molecular formula is C25H25F3N2O6. The van der Waals surface area contributed by atoms with Crippen molar-refractivity contribution in [1.29, 1.82) is 0 Å². The van der Waals surface area contributed by atoms with Crippen molar-refractivity contribution >= 4 is 17.8 Å². The second-order valence-electron chi connectivity index (χ2n) is 7.55. The van der Waals surface area contributed by atoms with E-state index in [9.17, 15) is 27.9 Å². The number of aliphatic carboxylic acids is 2. The summed E-state index contributed by atoms with van der Waals surface area (Å²) in [5.41, 5.74) is 7.51. The molecule has 0 saturated heterocycles. The van der Waals surface area contributed by atoms with E-state index in [0.29, 0.717) is 18.7 Å². The highest BCUT2D eigenvalue weighted by Gasteiger charge is 2.38. The molecule has 8 nitrogen and oxygen atoms in total. The summed E-state index contributed by atoms with van der Waals surface area (Å²) in [7, 11) is 0. The SMILES string of the molecule is NCCC[C@H](NC(=O)c1ccc(C(c2ccccc2)c2ccccc2)o1)C(=O)O.O=C(O)C(F)(F)F. The Hall–Kier alpha value is -4.12. The van der Waals surface area contributed by atoms with Crippen molar-refractivity contribution in [2.45, 2.75) is 31.0 Å². The zero-order valence-electron chi connectivity index (χ0n) is 18.9. The third-order valence-electron chi connectivity index (χ3n) is 4.94. The summed E-state index contributed by atoms with van der Waals surface area (Å²) in [6, 6.07) is 22.1. The Morgan fingerprint density at radius 1 is 0.889 bits per heavy atom. The Morgan fingerprint density at radius 3 is 1.81 bits per heavy atom. The van der Waals surface area contributed by atoms with Crippen LogP contribution in [0.5, 0.6) is 0 Å². The lowest BCUT2D eigenvalue weighted by Gasteiger charge is -2.16. The minimum Gasteiger partial charge on any atom is -0.480 e. The highest BCUT2D eigenvalue weighted by atomic mass is 19.4. The molecule has 1 atom stereocenters. The summed E-state index contributed by atoms with van der Waals surface area (Å²) < 4.78 is 37.6. The van der Waals surface area contributed by atoms with Crippen LogP contribution in [0.25, 0.3) is 0 Å². The summed E-state index contributed by atoms with van der Waals surface area (Å²) in [4.78, 5) is 32.8. The maximum Gasteiger partial charge on any atom is 0.490 e. The number of hydrogen-bond acceptors (Lipinski definition) is 5. The number of halogens is 3. The Kier molecular flexibility index (Phi) is 10.2. The van der Waals surface area contributed by atoms with Crippen LogP contribution < -0.4 is 11.1 Å². The zero-order valence-corrected chi connectivity index (χ0v) is 18.9. The number of benzene rings is 2. The number of amides is 1. The first kappa shape index (κ1) is 28.1. The molecule has 3 aromatic rings. The predicted molar refractivity (Wildman–Crippen MR) is 123 cm³/mol. The molecule has 1 aromatic heterocycles. The molecule has 5 N–H and O–H groups in total. The van der Waals surface area contributed by atoms with Crippen LogP contribution in [0.3, 0.4) is 0 Å². The number of carbonyl (C=O) groups excluding carboxylic acids is 1. The molecule has 0 aliphatic carbocycles. The van der Waals surface area contributed by atoms with E-state index in [-0.39, 0.29) is 18.1 Å². The van der Waals surface area contributed by atoms with E-state index in [1.54, 1.807) is 12.1 Å². The standard InChI is InChI=1S/C23H24N2O4.C2HF3O2/c24-15-7-12-18(23(27)28)25-22(26)20-14-13-19(29-20)21(16-8-3-1-4-9-16)17-10-5-2-6-11-17;3-2(4,5)1(6)7/h1-6,8-11,13-14,18,21H,7,12,15,24H2,(H,25,26)(H,27,28);(H,6,7)/t18-;/m0./s1. The minimum atomic E-state index is -5.08. The van der Waals surface area contributed by atoms with Gasteiger partial charge in [0.15, 0.2) is 5.76 Å². The van der Waals surface area contributed by atoms with Gasteiger partial charge in [-0.15, -0.1) is 0 Å². The third-order valence-corrected chi connectivity index (χ3v) is 4.94. The second-order valence-corrected chi connectivity index (χ2v) is 7.55. The topological polar surface area (TPSA) is 143 Å². The lowest BCUT2D eigenvalue weighted by atomic mass is 9.89. The van der Waals surface area contributed by atoms with Gasteiger partial charge in [-0.3, -0.25) is 4.79 Å². The van der Waals surface area contributed by atoms with Gasteiger partial charge in [-0.25, -0.2) is 9.59 Å². The van der Waals surface area contributed by atoms with E-state index in [2.05, 4.69) is 5.32 Å². The van der Waals surface area contributed by atoms with E-state index in [4.69, 9.17) is 20.1 Å². The van der Waals surface area contributed by atoms with Gasteiger partial charge in [0.2, 0.25) is 0 Å². The van der Waals surface area contributed by atoms with Gasteiger partial charge in [-0.2, -0.15) is 13.2 Å². The first-order valence-corrected chi connectivity index (χ1v) is 10.8. The average molecular weight is 506 g/mol. The molecule has 11 heteroatoms. The van der Waals surface area contributed by atoms with Crippen molar-refractivity contribution < 1.29 is 42.2 Å². The molecule has 1 amide bonds. The Labute approximate surface area is 204 Å². The van der Waals surface area contributed by atoms with E-state index < -0.39 is 30.1 Å². The lowest BCUT2D eigenvalue weighted by Crippen LogP contribution is -2.40. The molecule has 36 heavy (non-hydrogen) atoms. The fourth-order valence-corrected chi connectivity index (χ4v) is 3.25. The molecule has 0 bridgehead atoms. The van der Waals surface area contributed by atoms with Crippen molar-refractivity contribution in [3.63, 3.8) is 0 Å².